The van der Waals surface area contributed by atoms with Crippen LogP contribution < -0.4 is 5.32 Å². The van der Waals surface area contributed by atoms with Crippen LogP contribution in [0.1, 0.15) is 18.5 Å². The lowest BCUT2D eigenvalue weighted by atomic mass is 10.2. The molecular formula is C14H15N3OS. The molecule has 0 atom stereocenters. The highest BCUT2D eigenvalue weighted by atomic mass is 32.1. The molecule has 0 saturated heterocycles. The van der Waals surface area contributed by atoms with Gasteiger partial charge in [-0.2, -0.15) is 11.3 Å². The Morgan fingerprint density at radius 2 is 2.26 bits per heavy atom. The Kier molecular flexibility index (Phi) is 4.80. The number of carbonyl (C=O) groups is 1. The van der Waals surface area contributed by atoms with Gasteiger partial charge >= 0.3 is 0 Å². The molecule has 0 aliphatic carbocycles. The molecule has 0 radical (unpaired) electrons. The first-order chi connectivity index (χ1) is 9.31. The zero-order valence-electron chi connectivity index (χ0n) is 10.5. The van der Waals surface area contributed by atoms with Gasteiger partial charge in [-0.05, 0) is 17.9 Å². The number of nitrogens with zero attached hydrogens (tertiary/aromatic N) is 2. The van der Waals surface area contributed by atoms with Crippen LogP contribution in [0.5, 0.6) is 0 Å². The lowest BCUT2D eigenvalue weighted by Gasteiger charge is -2.07. The van der Waals surface area contributed by atoms with E-state index in [9.17, 15) is 4.79 Å². The second kappa shape index (κ2) is 6.80. The van der Waals surface area contributed by atoms with Crippen LogP contribution in [0, 0.1) is 0 Å². The van der Waals surface area contributed by atoms with E-state index in [1.807, 2.05) is 16.8 Å². The van der Waals surface area contributed by atoms with Crippen molar-refractivity contribution in [1.82, 2.24) is 15.3 Å². The van der Waals surface area contributed by atoms with E-state index in [1.54, 1.807) is 29.8 Å². The molecule has 2 aromatic heterocycles. The largest absolute Gasteiger partial charge is 0.350 e. The van der Waals surface area contributed by atoms with Crippen LogP contribution in [-0.2, 0) is 11.3 Å². The van der Waals surface area contributed by atoms with Gasteiger partial charge in [0.05, 0.1) is 17.9 Å². The monoisotopic (exact) mass is 273 g/mol. The zero-order valence-corrected chi connectivity index (χ0v) is 11.3. The molecule has 2 rings (SSSR count). The third-order valence-electron chi connectivity index (χ3n) is 2.60. The number of rotatable bonds is 6. The molecule has 0 bridgehead atoms. The van der Waals surface area contributed by atoms with Crippen molar-refractivity contribution in [3.05, 3.63) is 47.6 Å². The molecule has 2 aromatic rings. The summed E-state index contributed by atoms with van der Waals surface area (Å²) < 4.78 is 0. The quantitative estimate of drug-likeness (QED) is 0.823. The Hall–Kier alpha value is -2.01. The first-order valence-corrected chi connectivity index (χ1v) is 6.95. The van der Waals surface area contributed by atoms with Crippen LogP contribution in [0.4, 0.5) is 0 Å². The molecule has 0 unspecified atom stereocenters. The molecule has 0 aromatic carbocycles. The molecule has 5 heteroatoms. The zero-order chi connectivity index (χ0) is 13.5. The van der Waals surface area contributed by atoms with E-state index in [4.69, 9.17) is 0 Å². The maximum Gasteiger partial charge on any atom is 0.220 e. The number of carbonyl (C=O) groups excluding carboxylic acids is 1. The Morgan fingerprint density at radius 3 is 3.00 bits per heavy atom. The molecule has 1 N–H and O–H groups in total. The number of aromatic nitrogens is 2. The number of thiophene rings is 1. The molecule has 0 aliphatic heterocycles. The van der Waals surface area contributed by atoms with E-state index in [1.165, 1.54) is 0 Å². The molecule has 0 aliphatic rings. The van der Waals surface area contributed by atoms with Crippen molar-refractivity contribution in [2.24, 2.45) is 0 Å². The van der Waals surface area contributed by atoms with Gasteiger partial charge in [0.1, 0.15) is 0 Å². The van der Waals surface area contributed by atoms with Crippen LogP contribution in [0.15, 0.2) is 41.9 Å². The Labute approximate surface area is 116 Å². The fourth-order valence-corrected chi connectivity index (χ4v) is 2.28. The number of hydrogen-bond donors (Lipinski definition) is 1. The Bertz CT molecular complexity index is 552. The van der Waals surface area contributed by atoms with Crippen molar-refractivity contribution in [2.75, 3.05) is 0 Å². The summed E-state index contributed by atoms with van der Waals surface area (Å²) in [7, 11) is 0. The number of allylic oxidation sites excluding steroid dienone is 1. The van der Waals surface area contributed by atoms with Crippen LogP contribution >= 0.6 is 11.3 Å². The Morgan fingerprint density at radius 1 is 1.42 bits per heavy atom. The lowest BCUT2D eigenvalue weighted by molar-refractivity contribution is -0.121. The standard InChI is InChI=1S/C14H15N3OS/c1-2-3-4-13(18)17-9-12-14(16-7-6-15-12)11-5-8-19-10-11/h2,5-8,10H,1,3-4,9H2,(H,17,18). The fourth-order valence-electron chi connectivity index (χ4n) is 1.64. The lowest BCUT2D eigenvalue weighted by Crippen LogP contribution is -2.23. The second-order valence-electron chi connectivity index (χ2n) is 3.97. The molecule has 4 nitrogen and oxygen atoms in total. The first-order valence-electron chi connectivity index (χ1n) is 6.01. The minimum absolute atomic E-state index is 0.00169. The fraction of sp³-hybridized carbons (Fsp3) is 0.214. The van der Waals surface area contributed by atoms with E-state index in [0.717, 1.165) is 17.0 Å². The van der Waals surface area contributed by atoms with E-state index in [-0.39, 0.29) is 5.91 Å². The smallest absolute Gasteiger partial charge is 0.220 e. The maximum atomic E-state index is 11.6. The van der Waals surface area contributed by atoms with Gasteiger partial charge in [0.2, 0.25) is 5.91 Å². The summed E-state index contributed by atoms with van der Waals surface area (Å²) >= 11 is 1.61. The molecule has 1 amide bonds. The van der Waals surface area contributed by atoms with Gasteiger partial charge in [-0.15, -0.1) is 6.58 Å². The number of hydrogen-bond acceptors (Lipinski definition) is 4. The Balaban J connectivity index is 2.05. The van der Waals surface area contributed by atoms with Crippen LogP contribution in [0.25, 0.3) is 11.3 Å². The predicted octanol–water partition coefficient (Wildman–Crippen LogP) is 2.79. The van der Waals surface area contributed by atoms with Crippen molar-refractivity contribution in [1.29, 1.82) is 0 Å². The van der Waals surface area contributed by atoms with Crippen LogP contribution in [0.3, 0.4) is 0 Å². The molecule has 0 saturated carbocycles. The summed E-state index contributed by atoms with van der Waals surface area (Å²) in [5.41, 5.74) is 2.65. The third kappa shape index (κ3) is 3.72. The molecular weight excluding hydrogens is 258 g/mol. The van der Waals surface area contributed by atoms with Crippen molar-refractivity contribution in [2.45, 2.75) is 19.4 Å². The van der Waals surface area contributed by atoms with Gasteiger partial charge in [-0.3, -0.25) is 14.8 Å². The van der Waals surface area contributed by atoms with E-state index in [2.05, 4.69) is 21.9 Å². The number of amides is 1. The highest BCUT2D eigenvalue weighted by Crippen LogP contribution is 2.22. The third-order valence-corrected chi connectivity index (χ3v) is 3.28. The number of nitrogens with one attached hydrogen (secondary N) is 1. The van der Waals surface area contributed by atoms with Crippen molar-refractivity contribution >= 4 is 17.2 Å². The minimum atomic E-state index is 0.00169. The summed E-state index contributed by atoms with van der Waals surface area (Å²) in [6.45, 7) is 4.00. The van der Waals surface area contributed by atoms with Crippen molar-refractivity contribution < 1.29 is 4.79 Å². The van der Waals surface area contributed by atoms with Crippen molar-refractivity contribution in [3.8, 4) is 11.3 Å². The van der Waals surface area contributed by atoms with Gasteiger partial charge in [-0.1, -0.05) is 6.08 Å². The van der Waals surface area contributed by atoms with Crippen molar-refractivity contribution in [3.63, 3.8) is 0 Å². The summed E-state index contributed by atoms with van der Waals surface area (Å²) in [6.07, 6.45) is 6.18. The van der Waals surface area contributed by atoms with E-state index >= 15 is 0 Å². The highest BCUT2D eigenvalue weighted by molar-refractivity contribution is 7.08. The average Bonchev–Trinajstić information content (AvgIpc) is 2.97. The van der Waals surface area contributed by atoms with Crippen LogP contribution in [0.2, 0.25) is 0 Å². The molecule has 19 heavy (non-hydrogen) atoms. The summed E-state index contributed by atoms with van der Waals surface area (Å²) in [4.78, 5) is 20.2. The molecule has 0 fully saturated rings. The SMILES string of the molecule is C=CCCC(=O)NCc1nccnc1-c1ccsc1. The molecule has 98 valence electrons. The van der Waals surface area contributed by atoms with Gasteiger partial charge < -0.3 is 5.32 Å². The van der Waals surface area contributed by atoms with Crippen LogP contribution in [-0.4, -0.2) is 15.9 Å². The molecule has 2 heterocycles. The maximum absolute atomic E-state index is 11.6. The molecule has 0 spiro atoms. The van der Waals surface area contributed by atoms with E-state index in [0.29, 0.717) is 19.4 Å². The minimum Gasteiger partial charge on any atom is -0.350 e. The van der Waals surface area contributed by atoms with E-state index < -0.39 is 0 Å². The van der Waals surface area contributed by atoms with Gasteiger partial charge in [0.15, 0.2) is 0 Å². The topological polar surface area (TPSA) is 54.9 Å². The summed E-state index contributed by atoms with van der Waals surface area (Å²) in [6, 6.07) is 2.00. The summed E-state index contributed by atoms with van der Waals surface area (Å²) in [5.74, 6) is 0.00169. The summed E-state index contributed by atoms with van der Waals surface area (Å²) in [5, 5.41) is 6.87. The van der Waals surface area contributed by atoms with Gasteiger partial charge in [0, 0.05) is 29.8 Å². The first kappa shape index (κ1) is 13.4. The predicted molar refractivity (Wildman–Crippen MR) is 76.6 cm³/mol. The second-order valence-corrected chi connectivity index (χ2v) is 4.75. The average molecular weight is 273 g/mol. The highest BCUT2D eigenvalue weighted by Gasteiger charge is 2.09. The van der Waals surface area contributed by atoms with Gasteiger partial charge in [-0.25, -0.2) is 0 Å². The van der Waals surface area contributed by atoms with Gasteiger partial charge in [0.25, 0.3) is 0 Å². The normalized spacial score (nSPS) is 10.1.